The normalized spacial score (nSPS) is 12.0. The van der Waals surface area contributed by atoms with Crippen LogP contribution in [0.2, 0.25) is 0 Å². The Balaban J connectivity index is 2.28. The van der Waals surface area contributed by atoms with E-state index in [0.717, 1.165) is 24.3 Å². The molecule has 1 aromatic carbocycles. The molecule has 0 saturated carbocycles. The van der Waals surface area contributed by atoms with Gasteiger partial charge in [-0.1, -0.05) is 37.3 Å². The minimum atomic E-state index is -0.424. The molecule has 112 valence electrons. The Morgan fingerprint density at radius 1 is 1.10 bits per heavy atom. The number of rotatable bonds is 7. The number of aliphatic hydroxyl groups is 1. The molecular formula is C16H22N4O. The number of benzene rings is 1. The zero-order chi connectivity index (χ0) is 15.1. The summed E-state index contributed by atoms with van der Waals surface area (Å²) in [5.41, 5.74) is 0.970. The van der Waals surface area contributed by atoms with Crippen LogP contribution in [-0.2, 0) is 0 Å². The van der Waals surface area contributed by atoms with Gasteiger partial charge in [-0.15, -0.1) is 0 Å². The molecular weight excluding hydrogens is 264 g/mol. The highest BCUT2D eigenvalue weighted by Crippen LogP contribution is 2.20. The fraction of sp³-hybridized carbons (Fsp3) is 0.375. The van der Waals surface area contributed by atoms with Crippen LogP contribution < -0.4 is 10.6 Å². The van der Waals surface area contributed by atoms with Crippen molar-refractivity contribution in [2.45, 2.75) is 26.4 Å². The summed E-state index contributed by atoms with van der Waals surface area (Å²) in [6.07, 6.45) is 0.605. The summed E-state index contributed by atoms with van der Waals surface area (Å²) >= 11 is 0. The van der Waals surface area contributed by atoms with Crippen LogP contribution in [0.3, 0.4) is 0 Å². The van der Waals surface area contributed by atoms with Gasteiger partial charge in [-0.2, -0.15) is 0 Å². The summed E-state index contributed by atoms with van der Waals surface area (Å²) in [6, 6.07) is 11.7. The van der Waals surface area contributed by atoms with Gasteiger partial charge in [-0.05, 0) is 13.3 Å². The first kappa shape index (κ1) is 15.3. The molecule has 1 aromatic heterocycles. The molecule has 0 bridgehead atoms. The van der Waals surface area contributed by atoms with Crippen LogP contribution in [0.25, 0.3) is 11.4 Å². The van der Waals surface area contributed by atoms with Crippen LogP contribution >= 0.6 is 0 Å². The van der Waals surface area contributed by atoms with Gasteiger partial charge >= 0.3 is 0 Å². The van der Waals surface area contributed by atoms with E-state index < -0.39 is 6.10 Å². The molecule has 3 N–H and O–H groups in total. The molecule has 5 nitrogen and oxygen atoms in total. The standard InChI is InChI=1S/C16H22N4O/c1-3-9-17-14-10-15(18-11-12(2)21)20-16(19-14)13-7-5-4-6-8-13/h4-8,10,12,21H,3,9,11H2,1-2H3,(H2,17,18,19,20). The molecule has 0 radical (unpaired) electrons. The molecule has 0 amide bonds. The third kappa shape index (κ3) is 4.72. The van der Waals surface area contributed by atoms with Crippen molar-refractivity contribution in [3.63, 3.8) is 0 Å². The number of nitrogens with one attached hydrogen (secondary N) is 2. The minimum Gasteiger partial charge on any atom is -0.392 e. The zero-order valence-corrected chi connectivity index (χ0v) is 12.5. The summed E-state index contributed by atoms with van der Waals surface area (Å²) in [4.78, 5) is 9.05. The molecule has 21 heavy (non-hydrogen) atoms. The van der Waals surface area contributed by atoms with E-state index in [-0.39, 0.29) is 0 Å². The van der Waals surface area contributed by atoms with Crippen molar-refractivity contribution in [3.05, 3.63) is 36.4 Å². The molecule has 0 fully saturated rings. The third-order valence-corrected chi connectivity index (χ3v) is 2.89. The van der Waals surface area contributed by atoms with Gasteiger partial charge in [0.2, 0.25) is 0 Å². The molecule has 1 heterocycles. The van der Waals surface area contributed by atoms with E-state index in [2.05, 4.69) is 27.5 Å². The van der Waals surface area contributed by atoms with Gasteiger partial charge in [0.25, 0.3) is 0 Å². The fourth-order valence-electron chi connectivity index (χ4n) is 1.85. The number of hydrogen-bond acceptors (Lipinski definition) is 5. The quantitative estimate of drug-likeness (QED) is 0.730. The van der Waals surface area contributed by atoms with Crippen molar-refractivity contribution in [1.82, 2.24) is 9.97 Å². The van der Waals surface area contributed by atoms with Crippen molar-refractivity contribution in [1.29, 1.82) is 0 Å². The summed E-state index contributed by atoms with van der Waals surface area (Å²) in [5, 5.41) is 15.8. The molecule has 0 saturated heterocycles. The van der Waals surface area contributed by atoms with Gasteiger partial charge in [0.1, 0.15) is 11.6 Å². The van der Waals surface area contributed by atoms with E-state index in [9.17, 15) is 5.11 Å². The van der Waals surface area contributed by atoms with Crippen LogP contribution in [0.1, 0.15) is 20.3 Å². The maximum Gasteiger partial charge on any atom is 0.163 e. The van der Waals surface area contributed by atoms with Crippen LogP contribution in [0.5, 0.6) is 0 Å². The lowest BCUT2D eigenvalue weighted by Gasteiger charge is -2.12. The highest BCUT2D eigenvalue weighted by molar-refractivity contribution is 5.61. The van der Waals surface area contributed by atoms with Crippen molar-refractivity contribution >= 4 is 11.6 Å². The van der Waals surface area contributed by atoms with Gasteiger partial charge < -0.3 is 15.7 Å². The maximum absolute atomic E-state index is 9.39. The van der Waals surface area contributed by atoms with Gasteiger partial charge in [0.15, 0.2) is 5.82 Å². The predicted molar refractivity (Wildman–Crippen MR) is 86.4 cm³/mol. The van der Waals surface area contributed by atoms with Crippen LogP contribution in [0.4, 0.5) is 11.6 Å². The topological polar surface area (TPSA) is 70.1 Å². The predicted octanol–water partition coefficient (Wildman–Crippen LogP) is 2.76. The minimum absolute atomic E-state index is 0.424. The number of anilines is 2. The Bertz CT molecular complexity index is 557. The average Bonchev–Trinajstić information content (AvgIpc) is 2.51. The Kier molecular flexibility index (Phi) is 5.51. The Morgan fingerprint density at radius 2 is 1.76 bits per heavy atom. The Morgan fingerprint density at radius 3 is 2.38 bits per heavy atom. The maximum atomic E-state index is 9.39. The van der Waals surface area contributed by atoms with E-state index >= 15 is 0 Å². The summed E-state index contributed by atoms with van der Waals surface area (Å²) in [5.74, 6) is 2.17. The van der Waals surface area contributed by atoms with E-state index in [1.54, 1.807) is 6.92 Å². The highest BCUT2D eigenvalue weighted by atomic mass is 16.3. The second-order valence-corrected chi connectivity index (χ2v) is 4.98. The summed E-state index contributed by atoms with van der Waals surface area (Å²) in [7, 11) is 0. The smallest absolute Gasteiger partial charge is 0.163 e. The van der Waals surface area contributed by atoms with Gasteiger partial charge in [0.05, 0.1) is 6.10 Å². The third-order valence-electron chi connectivity index (χ3n) is 2.89. The second kappa shape index (κ2) is 7.59. The average molecular weight is 286 g/mol. The monoisotopic (exact) mass is 286 g/mol. The van der Waals surface area contributed by atoms with Crippen molar-refractivity contribution in [2.75, 3.05) is 23.7 Å². The molecule has 1 unspecified atom stereocenters. The SMILES string of the molecule is CCCNc1cc(NCC(C)O)nc(-c2ccccc2)n1. The first-order chi connectivity index (χ1) is 10.2. The molecule has 0 spiro atoms. The lowest BCUT2D eigenvalue weighted by atomic mass is 10.2. The van der Waals surface area contributed by atoms with E-state index in [1.807, 2.05) is 36.4 Å². The fourth-order valence-corrected chi connectivity index (χ4v) is 1.85. The largest absolute Gasteiger partial charge is 0.392 e. The van der Waals surface area contributed by atoms with Crippen LogP contribution in [0.15, 0.2) is 36.4 Å². The molecule has 0 aliphatic carbocycles. The van der Waals surface area contributed by atoms with E-state index in [0.29, 0.717) is 18.2 Å². The molecule has 1 atom stereocenters. The molecule has 0 aliphatic rings. The lowest BCUT2D eigenvalue weighted by molar-refractivity contribution is 0.208. The first-order valence-corrected chi connectivity index (χ1v) is 7.29. The Labute approximate surface area is 125 Å². The number of aromatic nitrogens is 2. The molecule has 2 aromatic rings. The van der Waals surface area contributed by atoms with Crippen molar-refractivity contribution in [2.24, 2.45) is 0 Å². The van der Waals surface area contributed by atoms with E-state index in [1.165, 1.54) is 0 Å². The molecule has 2 rings (SSSR count). The number of aliphatic hydroxyl groups excluding tert-OH is 1. The van der Waals surface area contributed by atoms with E-state index in [4.69, 9.17) is 0 Å². The second-order valence-electron chi connectivity index (χ2n) is 4.98. The zero-order valence-electron chi connectivity index (χ0n) is 12.5. The number of nitrogens with zero attached hydrogens (tertiary/aromatic N) is 2. The van der Waals surface area contributed by atoms with Gasteiger partial charge in [-0.3, -0.25) is 0 Å². The summed E-state index contributed by atoms with van der Waals surface area (Å²) < 4.78 is 0. The number of hydrogen-bond donors (Lipinski definition) is 3. The lowest BCUT2D eigenvalue weighted by Crippen LogP contribution is -2.16. The van der Waals surface area contributed by atoms with Crippen LogP contribution in [-0.4, -0.2) is 34.3 Å². The van der Waals surface area contributed by atoms with Crippen molar-refractivity contribution in [3.8, 4) is 11.4 Å². The highest BCUT2D eigenvalue weighted by Gasteiger charge is 2.07. The summed E-state index contributed by atoms with van der Waals surface area (Å²) in [6.45, 7) is 5.17. The van der Waals surface area contributed by atoms with Crippen molar-refractivity contribution < 1.29 is 5.11 Å². The van der Waals surface area contributed by atoms with Crippen LogP contribution in [0, 0.1) is 0 Å². The first-order valence-electron chi connectivity index (χ1n) is 7.29. The van der Waals surface area contributed by atoms with Gasteiger partial charge in [0, 0.05) is 24.7 Å². The molecule has 5 heteroatoms. The van der Waals surface area contributed by atoms with Gasteiger partial charge in [-0.25, -0.2) is 9.97 Å². The Hall–Kier alpha value is -2.14. The molecule has 0 aliphatic heterocycles.